The van der Waals surface area contributed by atoms with Crippen LogP contribution in [0.15, 0.2) is 12.4 Å². The molecule has 0 aromatic carbocycles. The van der Waals surface area contributed by atoms with Crippen molar-refractivity contribution in [1.29, 1.82) is 0 Å². The van der Waals surface area contributed by atoms with Gasteiger partial charge in [-0.2, -0.15) is 0 Å². The number of aromatic nitrogens is 2. The monoisotopic (exact) mass is 271 g/mol. The lowest BCUT2D eigenvalue weighted by atomic mass is 10.3. The second kappa shape index (κ2) is 6.77. The van der Waals surface area contributed by atoms with E-state index in [0.717, 1.165) is 29.9 Å². The molecule has 4 heteroatoms. The molecule has 0 aliphatic rings. The largest absolute Gasteiger partial charge is 0.341 e. The summed E-state index contributed by atoms with van der Waals surface area (Å²) in [5.74, 6) is 0.843. The average Bonchev–Trinajstić information content (AvgIpc) is 2.31. The minimum absolute atomic E-state index is 0.814. The zero-order chi connectivity index (χ0) is 11.1. The van der Waals surface area contributed by atoms with Gasteiger partial charge in [-0.3, -0.25) is 0 Å². The van der Waals surface area contributed by atoms with Gasteiger partial charge in [0.15, 0.2) is 0 Å². The molecular weight excluding hydrogens is 254 g/mol. The van der Waals surface area contributed by atoms with E-state index in [1.807, 2.05) is 12.4 Å². The summed E-state index contributed by atoms with van der Waals surface area (Å²) in [4.78, 5) is 10.9. The molecule has 0 atom stereocenters. The van der Waals surface area contributed by atoms with Gasteiger partial charge in [0, 0.05) is 30.8 Å². The molecule has 1 aromatic rings. The summed E-state index contributed by atoms with van der Waals surface area (Å²) in [6.45, 7) is 6.34. The zero-order valence-electron chi connectivity index (χ0n) is 9.41. The van der Waals surface area contributed by atoms with E-state index in [0.29, 0.717) is 0 Å². The molecule has 0 fully saturated rings. The first-order chi connectivity index (χ1) is 7.31. The maximum atomic E-state index is 4.36. The molecule has 1 heterocycles. The SMILES string of the molecule is CCCCN(CC)c1ncc(CBr)cn1. The van der Waals surface area contributed by atoms with Crippen LogP contribution in [0.25, 0.3) is 0 Å². The Balaban J connectivity index is 2.65. The van der Waals surface area contributed by atoms with Gasteiger partial charge in [-0.05, 0) is 18.9 Å². The predicted octanol–water partition coefficient (Wildman–Crippen LogP) is 3.00. The van der Waals surface area contributed by atoms with Gasteiger partial charge in [-0.15, -0.1) is 0 Å². The number of rotatable bonds is 6. The average molecular weight is 272 g/mol. The third kappa shape index (κ3) is 3.78. The highest BCUT2D eigenvalue weighted by Gasteiger charge is 2.05. The molecule has 0 radical (unpaired) electrons. The third-order valence-electron chi connectivity index (χ3n) is 2.29. The Labute approximate surface area is 100 Å². The summed E-state index contributed by atoms with van der Waals surface area (Å²) in [6.07, 6.45) is 6.16. The zero-order valence-corrected chi connectivity index (χ0v) is 11.0. The highest BCUT2D eigenvalue weighted by Crippen LogP contribution is 2.09. The van der Waals surface area contributed by atoms with Crippen LogP contribution >= 0.6 is 15.9 Å². The number of anilines is 1. The number of unbranched alkanes of at least 4 members (excludes halogenated alkanes) is 1. The Morgan fingerprint density at radius 2 is 1.93 bits per heavy atom. The van der Waals surface area contributed by atoms with Crippen molar-refractivity contribution in [3.05, 3.63) is 18.0 Å². The van der Waals surface area contributed by atoms with E-state index in [2.05, 4.69) is 44.6 Å². The van der Waals surface area contributed by atoms with Gasteiger partial charge in [0.2, 0.25) is 5.95 Å². The van der Waals surface area contributed by atoms with E-state index >= 15 is 0 Å². The van der Waals surface area contributed by atoms with Crippen LogP contribution < -0.4 is 4.90 Å². The summed E-state index contributed by atoms with van der Waals surface area (Å²) in [5, 5.41) is 0.814. The second-order valence-corrected chi connectivity index (χ2v) is 4.02. The minimum atomic E-state index is 0.814. The fourth-order valence-corrected chi connectivity index (χ4v) is 1.62. The number of hydrogen-bond acceptors (Lipinski definition) is 3. The van der Waals surface area contributed by atoms with Crippen molar-refractivity contribution in [1.82, 2.24) is 9.97 Å². The van der Waals surface area contributed by atoms with Crippen molar-refractivity contribution in [3.63, 3.8) is 0 Å². The van der Waals surface area contributed by atoms with Gasteiger partial charge in [0.05, 0.1) is 0 Å². The molecule has 1 aromatic heterocycles. The minimum Gasteiger partial charge on any atom is -0.341 e. The first-order valence-electron chi connectivity index (χ1n) is 5.43. The van der Waals surface area contributed by atoms with Crippen molar-refractivity contribution >= 4 is 21.9 Å². The fraction of sp³-hybridized carbons (Fsp3) is 0.636. The predicted molar refractivity (Wildman–Crippen MR) is 67.5 cm³/mol. The molecular formula is C11H18BrN3. The smallest absolute Gasteiger partial charge is 0.225 e. The van der Waals surface area contributed by atoms with Gasteiger partial charge in [-0.25, -0.2) is 9.97 Å². The number of halogens is 1. The van der Waals surface area contributed by atoms with E-state index in [4.69, 9.17) is 0 Å². The molecule has 0 N–H and O–H groups in total. The molecule has 0 saturated heterocycles. The Bertz CT molecular complexity index is 274. The molecule has 0 bridgehead atoms. The van der Waals surface area contributed by atoms with E-state index in [-0.39, 0.29) is 0 Å². The van der Waals surface area contributed by atoms with Gasteiger partial charge < -0.3 is 4.90 Å². The van der Waals surface area contributed by atoms with Crippen LogP contribution in [-0.4, -0.2) is 23.1 Å². The lowest BCUT2D eigenvalue weighted by molar-refractivity contribution is 0.713. The Morgan fingerprint density at radius 3 is 2.40 bits per heavy atom. The van der Waals surface area contributed by atoms with Gasteiger partial charge in [-0.1, -0.05) is 29.3 Å². The van der Waals surface area contributed by atoms with Crippen LogP contribution in [0.2, 0.25) is 0 Å². The lowest BCUT2D eigenvalue weighted by Gasteiger charge is -2.20. The third-order valence-corrected chi connectivity index (χ3v) is 2.94. The van der Waals surface area contributed by atoms with Gasteiger partial charge in [0.25, 0.3) is 0 Å². The van der Waals surface area contributed by atoms with Crippen molar-refractivity contribution in [2.24, 2.45) is 0 Å². The molecule has 1 rings (SSSR count). The number of hydrogen-bond donors (Lipinski definition) is 0. The van der Waals surface area contributed by atoms with Crippen LogP contribution in [0, 0.1) is 0 Å². The fourth-order valence-electron chi connectivity index (χ4n) is 1.33. The van der Waals surface area contributed by atoms with Crippen molar-refractivity contribution in [2.75, 3.05) is 18.0 Å². The highest BCUT2D eigenvalue weighted by molar-refractivity contribution is 9.08. The molecule has 0 saturated carbocycles. The summed E-state index contributed by atoms with van der Waals surface area (Å²) in [5.41, 5.74) is 1.12. The molecule has 0 spiro atoms. The normalized spacial score (nSPS) is 10.3. The molecule has 0 amide bonds. The summed E-state index contributed by atoms with van der Waals surface area (Å²) >= 11 is 3.38. The van der Waals surface area contributed by atoms with Crippen molar-refractivity contribution in [3.8, 4) is 0 Å². The molecule has 84 valence electrons. The van der Waals surface area contributed by atoms with E-state index in [1.165, 1.54) is 12.8 Å². The van der Waals surface area contributed by atoms with Gasteiger partial charge in [0.1, 0.15) is 0 Å². The lowest BCUT2D eigenvalue weighted by Crippen LogP contribution is -2.25. The Hall–Kier alpha value is -0.640. The molecule has 0 aliphatic carbocycles. The number of nitrogens with zero attached hydrogens (tertiary/aromatic N) is 3. The van der Waals surface area contributed by atoms with Crippen molar-refractivity contribution < 1.29 is 0 Å². The van der Waals surface area contributed by atoms with Crippen LogP contribution in [0.4, 0.5) is 5.95 Å². The van der Waals surface area contributed by atoms with Crippen LogP contribution in [-0.2, 0) is 5.33 Å². The van der Waals surface area contributed by atoms with Crippen molar-refractivity contribution in [2.45, 2.75) is 32.0 Å². The summed E-state index contributed by atoms with van der Waals surface area (Å²) in [7, 11) is 0. The van der Waals surface area contributed by atoms with E-state index in [9.17, 15) is 0 Å². The van der Waals surface area contributed by atoms with E-state index in [1.54, 1.807) is 0 Å². The second-order valence-electron chi connectivity index (χ2n) is 3.46. The maximum absolute atomic E-state index is 4.36. The van der Waals surface area contributed by atoms with Crippen LogP contribution in [0.3, 0.4) is 0 Å². The summed E-state index contributed by atoms with van der Waals surface area (Å²) < 4.78 is 0. The molecule has 0 unspecified atom stereocenters. The standard InChI is InChI=1S/C11H18BrN3/c1-3-5-6-15(4-2)11-13-8-10(7-12)9-14-11/h8-9H,3-7H2,1-2H3. The van der Waals surface area contributed by atoms with Crippen LogP contribution in [0.5, 0.6) is 0 Å². The summed E-state index contributed by atoms with van der Waals surface area (Å²) in [6, 6.07) is 0. The Kier molecular flexibility index (Phi) is 5.61. The van der Waals surface area contributed by atoms with Gasteiger partial charge >= 0.3 is 0 Å². The quantitative estimate of drug-likeness (QED) is 0.745. The highest BCUT2D eigenvalue weighted by atomic mass is 79.9. The number of alkyl halides is 1. The first-order valence-corrected chi connectivity index (χ1v) is 6.55. The molecule has 15 heavy (non-hydrogen) atoms. The van der Waals surface area contributed by atoms with Crippen LogP contribution in [0.1, 0.15) is 32.3 Å². The molecule has 3 nitrogen and oxygen atoms in total. The first kappa shape index (κ1) is 12.4. The van der Waals surface area contributed by atoms with E-state index < -0.39 is 0 Å². The molecule has 0 aliphatic heterocycles. The Morgan fingerprint density at radius 1 is 1.27 bits per heavy atom. The maximum Gasteiger partial charge on any atom is 0.225 e. The topological polar surface area (TPSA) is 29.0 Å².